The molecule has 0 spiro atoms. The van der Waals surface area contributed by atoms with Crippen molar-refractivity contribution in [2.75, 3.05) is 0 Å². The summed E-state index contributed by atoms with van der Waals surface area (Å²) in [6.45, 7) is 4.85. The third-order valence-electron chi connectivity index (χ3n) is 9.80. The van der Waals surface area contributed by atoms with Crippen LogP contribution in [0, 0.1) is 34.4 Å². The van der Waals surface area contributed by atoms with Crippen molar-refractivity contribution >= 4 is 11.4 Å². The van der Waals surface area contributed by atoms with Crippen molar-refractivity contribution in [1.29, 1.82) is 0 Å². The van der Waals surface area contributed by atoms with E-state index in [0.717, 1.165) is 31.2 Å². The third kappa shape index (κ3) is 3.11. The van der Waals surface area contributed by atoms with Crippen LogP contribution < -0.4 is 0 Å². The molecule has 4 aliphatic carbocycles. The van der Waals surface area contributed by atoms with Gasteiger partial charge in [-0.1, -0.05) is 55.8 Å². The van der Waals surface area contributed by atoms with Crippen LogP contribution >= 0.6 is 0 Å². The summed E-state index contributed by atoms with van der Waals surface area (Å²) in [5, 5.41) is 0. The van der Waals surface area contributed by atoms with Gasteiger partial charge in [-0.05, 0) is 89.5 Å². The molecule has 4 aliphatic rings. The Balaban J connectivity index is 1.41. The molecule has 0 N–H and O–H groups in total. The summed E-state index contributed by atoms with van der Waals surface area (Å²) in [6.07, 6.45) is 13.6. The van der Waals surface area contributed by atoms with Crippen LogP contribution in [0.25, 0.3) is 5.57 Å². The molecule has 170 valence electrons. The molecule has 0 radical (unpaired) electrons. The number of hydrogen-bond acceptors (Lipinski definition) is 2. The van der Waals surface area contributed by atoms with E-state index in [2.05, 4.69) is 55.2 Å². The minimum Gasteiger partial charge on any atom is -0.295 e. The van der Waals surface area contributed by atoms with Crippen molar-refractivity contribution in [3.05, 3.63) is 83.5 Å². The Bertz CT molecular complexity index is 1170. The number of aromatic nitrogens is 1. The van der Waals surface area contributed by atoms with E-state index in [1.54, 1.807) is 6.07 Å². The second kappa shape index (κ2) is 7.48. The highest BCUT2D eigenvalue weighted by Gasteiger charge is 2.59. The first kappa shape index (κ1) is 21.0. The van der Waals surface area contributed by atoms with Crippen molar-refractivity contribution in [3.63, 3.8) is 0 Å². The molecular formula is C30H32FNO. The molecule has 0 aliphatic heterocycles. The average molecular weight is 442 g/mol. The Morgan fingerprint density at radius 1 is 1.03 bits per heavy atom. The maximum Gasteiger partial charge on any atom is 0.155 e. The Morgan fingerprint density at radius 3 is 2.64 bits per heavy atom. The second-order valence-electron chi connectivity index (χ2n) is 11.3. The fourth-order valence-electron chi connectivity index (χ4n) is 8.22. The van der Waals surface area contributed by atoms with Crippen LogP contribution in [0.2, 0.25) is 0 Å². The van der Waals surface area contributed by atoms with E-state index < -0.39 is 0 Å². The normalized spacial score (nSPS) is 37.5. The van der Waals surface area contributed by atoms with Crippen LogP contribution in [0.4, 0.5) is 4.39 Å². The highest BCUT2D eigenvalue weighted by molar-refractivity contribution is 5.92. The summed E-state index contributed by atoms with van der Waals surface area (Å²) >= 11 is 0. The van der Waals surface area contributed by atoms with Crippen molar-refractivity contribution < 1.29 is 9.18 Å². The van der Waals surface area contributed by atoms with Gasteiger partial charge in [0, 0.05) is 18.5 Å². The lowest BCUT2D eigenvalue weighted by Gasteiger charge is -2.59. The van der Waals surface area contributed by atoms with Crippen molar-refractivity contribution in [1.82, 2.24) is 4.98 Å². The number of carbonyl (C=O) groups is 1. The summed E-state index contributed by atoms with van der Waals surface area (Å²) in [5.74, 6) is 2.10. The molecule has 2 saturated carbocycles. The highest BCUT2D eigenvalue weighted by Crippen LogP contribution is 2.68. The lowest BCUT2D eigenvalue weighted by Crippen LogP contribution is -2.51. The lowest BCUT2D eigenvalue weighted by atomic mass is 9.44. The molecule has 0 amide bonds. The molecule has 0 bridgehead atoms. The number of allylic oxidation sites excluding steroid dienone is 4. The number of hydrogen-bond donors (Lipinski definition) is 0. The minimum atomic E-state index is -0.259. The first-order chi connectivity index (χ1) is 15.9. The van der Waals surface area contributed by atoms with Gasteiger partial charge in [-0.15, -0.1) is 0 Å². The predicted molar refractivity (Wildman–Crippen MR) is 129 cm³/mol. The van der Waals surface area contributed by atoms with E-state index in [0.29, 0.717) is 35.9 Å². The van der Waals surface area contributed by atoms with Crippen LogP contribution in [-0.4, -0.2) is 10.8 Å². The van der Waals surface area contributed by atoms with Gasteiger partial charge >= 0.3 is 0 Å². The van der Waals surface area contributed by atoms with E-state index in [9.17, 15) is 9.18 Å². The molecule has 1 aromatic heterocycles. The van der Waals surface area contributed by atoms with Gasteiger partial charge in [-0.3, -0.25) is 9.78 Å². The number of pyridine rings is 1. The Labute approximate surface area is 196 Å². The zero-order chi connectivity index (χ0) is 22.8. The number of ketones is 1. The first-order valence-electron chi connectivity index (χ1n) is 12.5. The second-order valence-corrected chi connectivity index (χ2v) is 11.3. The topological polar surface area (TPSA) is 30.0 Å². The average Bonchev–Trinajstić information content (AvgIpc) is 3.17. The van der Waals surface area contributed by atoms with Crippen LogP contribution in [0.5, 0.6) is 0 Å². The molecule has 2 aromatic rings. The van der Waals surface area contributed by atoms with E-state index in [1.165, 1.54) is 29.3 Å². The monoisotopic (exact) mass is 441 g/mol. The van der Waals surface area contributed by atoms with Gasteiger partial charge in [0.15, 0.2) is 5.78 Å². The molecule has 2 fully saturated rings. The standard InChI is InChI=1S/C30H32FNO/c1-29-13-11-27-24(26(29)9-8-25(29)20-14-21(31)18-32-17-20)16-23(19-6-4-3-5-7-19)28-15-22(33)10-12-30(27,28)2/h3-8,14-15,17-18,23-24,26-27H,9-13,16H2,1-2H3/t23?,24?,26?,27?,29-,30-/m1/s1. The summed E-state index contributed by atoms with van der Waals surface area (Å²) in [5.41, 5.74) is 5.11. The van der Waals surface area contributed by atoms with Crippen molar-refractivity contribution in [3.8, 4) is 0 Å². The Kier molecular flexibility index (Phi) is 4.76. The molecule has 1 heterocycles. The largest absolute Gasteiger partial charge is 0.295 e. The predicted octanol–water partition coefficient (Wildman–Crippen LogP) is 7.14. The Morgan fingerprint density at radius 2 is 1.85 bits per heavy atom. The smallest absolute Gasteiger partial charge is 0.155 e. The van der Waals surface area contributed by atoms with Gasteiger partial charge < -0.3 is 0 Å². The molecule has 3 heteroatoms. The lowest BCUT2D eigenvalue weighted by molar-refractivity contribution is -0.117. The number of nitrogens with zero attached hydrogens (tertiary/aromatic N) is 1. The van der Waals surface area contributed by atoms with Gasteiger partial charge in [-0.2, -0.15) is 0 Å². The van der Waals surface area contributed by atoms with Crippen molar-refractivity contribution in [2.45, 2.75) is 58.3 Å². The first-order valence-corrected chi connectivity index (χ1v) is 12.5. The fourth-order valence-corrected chi connectivity index (χ4v) is 8.22. The number of benzene rings is 1. The van der Waals surface area contributed by atoms with E-state index in [-0.39, 0.29) is 16.6 Å². The van der Waals surface area contributed by atoms with Gasteiger partial charge in [0.1, 0.15) is 5.82 Å². The van der Waals surface area contributed by atoms with E-state index in [1.807, 2.05) is 12.3 Å². The zero-order valence-electron chi connectivity index (χ0n) is 19.6. The molecule has 0 saturated heterocycles. The molecule has 6 atom stereocenters. The zero-order valence-corrected chi connectivity index (χ0v) is 19.6. The maximum absolute atomic E-state index is 14.0. The maximum atomic E-state index is 14.0. The number of rotatable bonds is 2. The van der Waals surface area contributed by atoms with Crippen LogP contribution in [0.1, 0.15) is 69.4 Å². The van der Waals surface area contributed by atoms with Gasteiger partial charge in [0.2, 0.25) is 0 Å². The van der Waals surface area contributed by atoms with E-state index >= 15 is 0 Å². The molecule has 6 rings (SSSR count). The fraction of sp³-hybridized carbons (Fsp3) is 0.467. The molecule has 4 unspecified atom stereocenters. The third-order valence-corrected chi connectivity index (χ3v) is 9.80. The summed E-state index contributed by atoms with van der Waals surface area (Å²) in [4.78, 5) is 16.7. The quantitative estimate of drug-likeness (QED) is 0.496. The van der Waals surface area contributed by atoms with Gasteiger partial charge in [0.05, 0.1) is 6.20 Å². The van der Waals surface area contributed by atoms with Crippen LogP contribution in [0.15, 0.2) is 66.5 Å². The molecular weight excluding hydrogens is 409 g/mol. The number of halogens is 1. The molecule has 2 nitrogen and oxygen atoms in total. The molecule has 1 aromatic carbocycles. The SMILES string of the molecule is C[C@]12CCC(=O)C=C1C(c1ccccc1)CC1C2CC[C@]2(C)C(c3cncc(F)c3)=CCC12. The van der Waals surface area contributed by atoms with Gasteiger partial charge in [0.25, 0.3) is 0 Å². The molecule has 33 heavy (non-hydrogen) atoms. The summed E-state index contributed by atoms with van der Waals surface area (Å²) in [6, 6.07) is 12.5. The number of carbonyl (C=O) groups excluding carboxylic acids is 1. The van der Waals surface area contributed by atoms with Crippen molar-refractivity contribution in [2.24, 2.45) is 28.6 Å². The van der Waals surface area contributed by atoms with E-state index in [4.69, 9.17) is 0 Å². The summed E-state index contributed by atoms with van der Waals surface area (Å²) in [7, 11) is 0. The summed E-state index contributed by atoms with van der Waals surface area (Å²) < 4.78 is 14.0. The van der Waals surface area contributed by atoms with Crippen LogP contribution in [-0.2, 0) is 4.79 Å². The van der Waals surface area contributed by atoms with Gasteiger partial charge in [-0.25, -0.2) is 4.39 Å². The Hall–Kier alpha value is -2.55. The van der Waals surface area contributed by atoms with Crippen LogP contribution in [0.3, 0.4) is 0 Å². The number of fused-ring (bicyclic) bond motifs is 5. The highest BCUT2D eigenvalue weighted by atomic mass is 19.1. The minimum absolute atomic E-state index is 0.0555.